The Labute approximate surface area is 90.7 Å². The maximum Gasteiger partial charge on any atom is 0.332 e. The van der Waals surface area contributed by atoms with E-state index >= 15 is 0 Å². The molecule has 0 fully saturated rings. The fourth-order valence-electron chi connectivity index (χ4n) is 0.705. The summed E-state index contributed by atoms with van der Waals surface area (Å²) in [6.45, 7) is -0.184. The highest BCUT2D eigenvalue weighted by Crippen LogP contribution is 2.22. The van der Waals surface area contributed by atoms with Crippen LogP contribution in [-0.4, -0.2) is 38.1 Å². The molecule has 0 amide bonds. The largest absolute Gasteiger partial charge is 0.464 e. The van der Waals surface area contributed by atoms with Gasteiger partial charge in [0.25, 0.3) is 0 Å². The van der Waals surface area contributed by atoms with Crippen molar-refractivity contribution in [3.05, 3.63) is 0 Å². The topological polar surface area (TPSA) is 35.5 Å². The minimum atomic E-state index is -4.23. The molecule has 0 atom stereocenters. The standard InChI is InChI=1S/C9H14F4O3/c1-2-3-4-16-7(14)5-15-6-9(12,13)8(10)11/h8H,2-6H2,1H3. The Morgan fingerprint density at radius 1 is 1.38 bits per heavy atom. The van der Waals surface area contributed by atoms with Crippen LogP contribution in [0.25, 0.3) is 0 Å². The van der Waals surface area contributed by atoms with Gasteiger partial charge >= 0.3 is 18.3 Å². The summed E-state index contributed by atoms with van der Waals surface area (Å²) in [5, 5.41) is 0. The quantitative estimate of drug-likeness (QED) is 0.374. The van der Waals surface area contributed by atoms with Crippen molar-refractivity contribution in [1.82, 2.24) is 0 Å². The molecule has 0 saturated carbocycles. The van der Waals surface area contributed by atoms with E-state index in [0.29, 0.717) is 6.42 Å². The average Bonchev–Trinajstić information content (AvgIpc) is 2.17. The van der Waals surface area contributed by atoms with E-state index in [4.69, 9.17) is 0 Å². The molecule has 0 spiro atoms. The van der Waals surface area contributed by atoms with Crippen molar-refractivity contribution < 1.29 is 31.8 Å². The molecule has 0 radical (unpaired) electrons. The monoisotopic (exact) mass is 246 g/mol. The van der Waals surface area contributed by atoms with Crippen LogP contribution in [0.5, 0.6) is 0 Å². The number of carbonyl (C=O) groups is 1. The number of hydrogen-bond donors (Lipinski definition) is 0. The number of unbranched alkanes of at least 4 members (excludes halogenated alkanes) is 1. The molecule has 0 N–H and O–H groups in total. The molecule has 0 aliphatic rings. The molecule has 96 valence electrons. The maximum atomic E-state index is 12.3. The summed E-state index contributed by atoms with van der Waals surface area (Å²) in [6.07, 6.45) is -2.33. The highest BCUT2D eigenvalue weighted by atomic mass is 19.3. The highest BCUT2D eigenvalue weighted by molar-refractivity contribution is 5.70. The molecule has 0 unspecified atom stereocenters. The molecule has 0 aliphatic carbocycles. The SMILES string of the molecule is CCCCOC(=O)COCC(F)(F)C(F)F. The van der Waals surface area contributed by atoms with Crippen LogP contribution >= 0.6 is 0 Å². The van der Waals surface area contributed by atoms with Crippen LogP contribution in [0.1, 0.15) is 19.8 Å². The first-order valence-electron chi connectivity index (χ1n) is 4.79. The van der Waals surface area contributed by atoms with Crippen LogP contribution in [0.4, 0.5) is 17.6 Å². The smallest absolute Gasteiger partial charge is 0.332 e. The van der Waals surface area contributed by atoms with Crippen molar-refractivity contribution in [3.63, 3.8) is 0 Å². The molecule has 0 aromatic rings. The van der Waals surface area contributed by atoms with Gasteiger partial charge in [0, 0.05) is 0 Å². The summed E-state index contributed by atoms with van der Waals surface area (Å²) in [5.41, 5.74) is 0. The summed E-state index contributed by atoms with van der Waals surface area (Å²) >= 11 is 0. The van der Waals surface area contributed by atoms with Crippen LogP contribution in [0.3, 0.4) is 0 Å². The molecule has 0 aliphatic heterocycles. The van der Waals surface area contributed by atoms with Crippen LogP contribution in [0, 0.1) is 0 Å². The molecule has 0 aromatic heterocycles. The molecule has 0 heterocycles. The normalized spacial score (nSPS) is 11.9. The van der Waals surface area contributed by atoms with Crippen molar-refractivity contribution in [2.75, 3.05) is 19.8 Å². The number of alkyl halides is 4. The van der Waals surface area contributed by atoms with Gasteiger partial charge in [0.15, 0.2) is 0 Å². The van der Waals surface area contributed by atoms with E-state index < -0.39 is 31.5 Å². The first-order chi connectivity index (χ1) is 7.40. The molecule has 0 rings (SSSR count). The maximum absolute atomic E-state index is 12.3. The summed E-state index contributed by atoms with van der Waals surface area (Å²) in [7, 11) is 0. The predicted octanol–water partition coefficient (Wildman–Crippen LogP) is 2.25. The first kappa shape index (κ1) is 15.2. The predicted molar refractivity (Wildman–Crippen MR) is 47.6 cm³/mol. The number of esters is 1. The summed E-state index contributed by atoms with van der Waals surface area (Å²) in [5.74, 6) is -5.07. The van der Waals surface area contributed by atoms with Gasteiger partial charge in [0.2, 0.25) is 0 Å². The van der Waals surface area contributed by atoms with E-state index in [-0.39, 0.29) is 6.61 Å². The van der Waals surface area contributed by atoms with Crippen molar-refractivity contribution in [1.29, 1.82) is 0 Å². The Morgan fingerprint density at radius 3 is 2.50 bits per heavy atom. The molecular weight excluding hydrogens is 232 g/mol. The second kappa shape index (κ2) is 7.43. The summed E-state index contributed by atoms with van der Waals surface area (Å²) in [4.78, 5) is 10.8. The number of carbonyl (C=O) groups excluding carboxylic acids is 1. The van der Waals surface area contributed by atoms with Gasteiger partial charge < -0.3 is 9.47 Å². The van der Waals surface area contributed by atoms with Gasteiger partial charge in [-0.05, 0) is 6.42 Å². The average molecular weight is 246 g/mol. The van der Waals surface area contributed by atoms with Gasteiger partial charge in [-0.1, -0.05) is 13.3 Å². The van der Waals surface area contributed by atoms with E-state index in [2.05, 4.69) is 9.47 Å². The van der Waals surface area contributed by atoms with E-state index in [0.717, 1.165) is 6.42 Å². The Kier molecular flexibility index (Phi) is 7.03. The minimum Gasteiger partial charge on any atom is -0.464 e. The van der Waals surface area contributed by atoms with Gasteiger partial charge in [0.1, 0.15) is 13.2 Å². The van der Waals surface area contributed by atoms with Crippen LogP contribution in [0.2, 0.25) is 0 Å². The lowest BCUT2D eigenvalue weighted by molar-refractivity contribution is -0.175. The van der Waals surface area contributed by atoms with Gasteiger partial charge in [-0.2, -0.15) is 8.78 Å². The van der Waals surface area contributed by atoms with Crippen molar-refractivity contribution in [2.45, 2.75) is 32.1 Å². The third-order valence-electron chi connectivity index (χ3n) is 1.59. The fourth-order valence-corrected chi connectivity index (χ4v) is 0.705. The number of ether oxygens (including phenoxy) is 2. The molecular formula is C9H14F4O3. The Hall–Kier alpha value is -0.850. The van der Waals surface area contributed by atoms with Crippen molar-refractivity contribution in [3.8, 4) is 0 Å². The highest BCUT2D eigenvalue weighted by Gasteiger charge is 2.41. The lowest BCUT2D eigenvalue weighted by atomic mass is 10.4. The third-order valence-corrected chi connectivity index (χ3v) is 1.59. The Morgan fingerprint density at radius 2 is 2.00 bits per heavy atom. The van der Waals surface area contributed by atoms with E-state index in [1.54, 1.807) is 0 Å². The Bertz CT molecular complexity index is 209. The second-order valence-electron chi connectivity index (χ2n) is 3.13. The zero-order chi connectivity index (χ0) is 12.6. The zero-order valence-corrected chi connectivity index (χ0v) is 8.85. The lowest BCUT2D eigenvalue weighted by Crippen LogP contribution is -2.33. The molecule has 0 bridgehead atoms. The first-order valence-corrected chi connectivity index (χ1v) is 4.79. The lowest BCUT2D eigenvalue weighted by Gasteiger charge is -2.14. The molecule has 16 heavy (non-hydrogen) atoms. The molecule has 0 saturated heterocycles. The summed E-state index contributed by atoms with van der Waals surface area (Å²) < 4.78 is 56.5. The van der Waals surface area contributed by atoms with E-state index in [1.165, 1.54) is 0 Å². The van der Waals surface area contributed by atoms with Gasteiger partial charge in [-0.3, -0.25) is 0 Å². The molecule has 0 aromatic carbocycles. The van der Waals surface area contributed by atoms with Crippen LogP contribution < -0.4 is 0 Å². The molecule has 7 heteroatoms. The molecule has 3 nitrogen and oxygen atoms in total. The van der Waals surface area contributed by atoms with Gasteiger partial charge in [-0.25, -0.2) is 13.6 Å². The van der Waals surface area contributed by atoms with E-state index in [9.17, 15) is 22.4 Å². The van der Waals surface area contributed by atoms with Crippen LogP contribution in [0.15, 0.2) is 0 Å². The fraction of sp³-hybridized carbons (Fsp3) is 0.889. The Balaban J connectivity index is 3.61. The summed E-state index contributed by atoms with van der Waals surface area (Å²) in [6, 6.07) is 0. The van der Waals surface area contributed by atoms with E-state index in [1.807, 2.05) is 6.92 Å². The minimum absolute atomic E-state index is 0.171. The second-order valence-corrected chi connectivity index (χ2v) is 3.13. The van der Waals surface area contributed by atoms with Crippen molar-refractivity contribution >= 4 is 5.97 Å². The number of hydrogen-bond acceptors (Lipinski definition) is 3. The third kappa shape index (κ3) is 6.60. The van der Waals surface area contributed by atoms with Crippen molar-refractivity contribution in [2.24, 2.45) is 0 Å². The van der Waals surface area contributed by atoms with Gasteiger partial charge in [-0.15, -0.1) is 0 Å². The van der Waals surface area contributed by atoms with Gasteiger partial charge in [0.05, 0.1) is 6.61 Å². The zero-order valence-electron chi connectivity index (χ0n) is 8.85. The number of halogens is 4. The number of rotatable bonds is 8. The van der Waals surface area contributed by atoms with Crippen LogP contribution in [-0.2, 0) is 14.3 Å².